The van der Waals surface area contributed by atoms with Crippen molar-refractivity contribution in [1.29, 1.82) is 0 Å². The largest absolute Gasteiger partial charge is 0.307 e. The Kier molecular flexibility index (Phi) is 60.6. The predicted molar refractivity (Wildman–Crippen MR) is 51.1 cm³/mol. The van der Waals surface area contributed by atoms with Gasteiger partial charge in [0.05, 0.1) is 0 Å². The van der Waals surface area contributed by atoms with Gasteiger partial charge in [0.2, 0.25) is 0 Å². The topological polar surface area (TPSA) is 51.2 Å². The van der Waals surface area contributed by atoms with Crippen molar-refractivity contribution in [1.82, 2.24) is 0 Å². The van der Waals surface area contributed by atoms with Crippen LogP contribution in [-0.2, 0) is 14.4 Å². The summed E-state index contributed by atoms with van der Waals surface area (Å²) < 4.78 is 0. The van der Waals surface area contributed by atoms with Crippen LogP contribution >= 0.6 is 0 Å². The quantitative estimate of drug-likeness (QED) is 0.566. The monoisotopic (exact) mass is 176 g/mol. The van der Waals surface area contributed by atoms with Crippen LogP contribution in [0.25, 0.3) is 0 Å². The lowest BCUT2D eigenvalue weighted by atomic mass is 10.3. The highest BCUT2D eigenvalue weighted by atomic mass is 16.1. The molecule has 0 aromatic carbocycles. The second-order valence-electron chi connectivity index (χ2n) is 2.64. The van der Waals surface area contributed by atoms with E-state index in [1.54, 1.807) is 0 Å². The number of Topliss-reactive ketones (excluding diaryl/α,β-unsaturated/α-hetero) is 1. The van der Waals surface area contributed by atoms with E-state index >= 15 is 0 Å². The molecule has 3 nitrogen and oxygen atoms in total. The van der Waals surface area contributed by atoms with Crippen LogP contribution in [-0.4, -0.2) is 19.4 Å². The third-order valence-corrected chi connectivity index (χ3v) is 0. The molecule has 0 heterocycles. The third kappa shape index (κ3) is 590. The number of carbonyl (C=O) groups excluding carboxylic acids is 3. The minimum atomic E-state index is 0.167. The maximum atomic E-state index is 9.44. The molecule has 0 aliphatic carbocycles. The molecular formula is C9H20O3. The normalized spacial score (nSPS) is 5.83. The van der Waals surface area contributed by atoms with E-state index in [1.165, 1.54) is 13.8 Å². The molecule has 0 fully saturated rings. The fourth-order valence-electron chi connectivity index (χ4n) is 0. The van der Waals surface area contributed by atoms with Crippen molar-refractivity contribution in [3.63, 3.8) is 0 Å². The van der Waals surface area contributed by atoms with Crippen molar-refractivity contribution in [3.05, 3.63) is 0 Å². The highest BCUT2D eigenvalue weighted by Crippen LogP contribution is 1.81. The van der Waals surface area contributed by atoms with E-state index in [0.717, 1.165) is 5.92 Å². The molecule has 0 atom stereocenters. The standard InChI is InChI=1S/C4H10.C3H6O.2CH2O/c1-4(2)3;1-3(2)4;2*1-2/h4H,1-3H3;1-2H3;2*1H2. The van der Waals surface area contributed by atoms with Gasteiger partial charge < -0.3 is 14.4 Å². The first kappa shape index (κ1) is 22.5. The molecule has 0 amide bonds. The molecule has 0 unspecified atom stereocenters. The lowest BCUT2D eigenvalue weighted by Crippen LogP contribution is -1.69. The zero-order valence-corrected chi connectivity index (χ0v) is 8.72. The first-order chi connectivity index (χ1) is 5.46. The van der Waals surface area contributed by atoms with Gasteiger partial charge in [-0.2, -0.15) is 0 Å². The first-order valence-electron chi connectivity index (χ1n) is 3.51. The van der Waals surface area contributed by atoms with Gasteiger partial charge in [0.25, 0.3) is 0 Å². The lowest BCUT2D eigenvalue weighted by molar-refractivity contribution is -0.115. The molecule has 3 heteroatoms. The summed E-state index contributed by atoms with van der Waals surface area (Å²) in [6.45, 7) is 13.6. The van der Waals surface area contributed by atoms with Gasteiger partial charge in [0, 0.05) is 0 Å². The Balaban J connectivity index is -0.0000000380. The number of rotatable bonds is 0. The van der Waals surface area contributed by atoms with Gasteiger partial charge in [-0.1, -0.05) is 20.8 Å². The van der Waals surface area contributed by atoms with Crippen LogP contribution < -0.4 is 0 Å². The van der Waals surface area contributed by atoms with Crippen LogP contribution in [0.1, 0.15) is 34.6 Å². The molecule has 0 spiro atoms. The second-order valence-corrected chi connectivity index (χ2v) is 2.64. The van der Waals surface area contributed by atoms with E-state index in [-0.39, 0.29) is 5.78 Å². The Labute approximate surface area is 75.2 Å². The molecule has 0 saturated carbocycles. The minimum absolute atomic E-state index is 0.167. The van der Waals surface area contributed by atoms with E-state index in [4.69, 9.17) is 9.59 Å². The zero-order valence-electron chi connectivity index (χ0n) is 8.72. The van der Waals surface area contributed by atoms with Gasteiger partial charge in [-0.3, -0.25) is 0 Å². The van der Waals surface area contributed by atoms with E-state index in [2.05, 4.69) is 20.8 Å². The smallest absolute Gasteiger partial charge is 0.126 e. The van der Waals surface area contributed by atoms with E-state index in [9.17, 15) is 4.79 Å². The Bertz CT molecular complexity index is 71.1. The highest BCUT2D eigenvalue weighted by Gasteiger charge is 1.68. The number of carbonyl (C=O) groups is 3. The van der Waals surface area contributed by atoms with Crippen LogP contribution in [0.5, 0.6) is 0 Å². The summed E-state index contributed by atoms with van der Waals surface area (Å²) in [6, 6.07) is 0. The Morgan fingerprint density at radius 3 is 0.917 bits per heavy atom. The summed E-state index contributed by atoms with van der Waals surface area (Å²) in [5.41, 5.74) is 0. The van der Waals surface area contributed by atoms with Crippen molar-refractivity contribution in [3.8, 4) is 0 Å². The molecule has 74 valence electrons. The molecule has 0 bridgehead atoms. The third-order valence-electron chi connectivity index (χ3n) is 0. The maximum absolute atomic E-state index is 9.44. The van der Waals surface area contributed by atoms with Gasteiger partial charge in [-0.05, 0) is 19.8 Å². The maximum Gasteiger partial charge on any atom is 0.126 e. The molecule has 0 N–H and O–H groups in total. The Morgan fingerprint density at radius 1 is 0.917 bits per heavy atom. The summed E-state index contributed by atoms with van der Waals surface area (Å²) in [4.78, 5) is 25.4. The fraction of sp³-hybridized carbons (Fsp3) is 0.667. The van der Waals surface area contributed by atoms with E-state index in [1.807, 2.05) is 13.6 Å². The SMILES string of the molecule is C=O.C=O.CC(C)=O.CC(C)C. The molecule has 0 aliphatic rings. The van der Waals surface area contributed by atoms with Crippen LogP contribution in [0, 0.1) is 5.92 Å². The van der Waals surface area contributed by atoms with Crippen molar-refractivity contribution in [2.24, 2.45) is 5.92 Å². The summed E-state index contributed by atoms with van der Waals surface area (Å²) >= 11 is 0. The van der Waals surface area contributed by atoms with Crippen LogP contribution in [0.3, 0.4) is 0 Å². The lowest BCUT2D eigenvalue weighted by Gasteiger charge is -1.79. The fourth-order valence-corrected chi connectivity index (χ4v) is 0. The Hall–Kier alpha value is -0.990. The first-order valence-corrected chi connectivity index (χ1v) is 3.51. The van der Waals surface area contributed by atoms with Gasteiger partial charge in [0.15, 0.2) is 0 Å². The minimum Gasteiger partial charge on any atom is -0.307 e. The van der Waals surface area contributed by atoms with E-state index < -0.39 is 0 Å². The van der Waals surface area contributed by atoms with Crippen molar-refractivity contribution in [2.45, 2.75) is 34.6 Å². The van der Waals surface area contributed by atoms with E-state index in [0.29, 0.717) is 0 Å². The summed E-state index contributed by atoms with van der Waals surface area (Å²) in [5, 5.41) is 0. The molecule has 0 aliphatic heterocycles. The molecule has 0 aromatic rings. The van der Waals surface area contributed by atoms with Gasteiger partial charge in [-0.25, -0.2) is 0 Å². The summed E-state index contributed by atoms with van der Waals surface area (Å²) in [6.07, 6.45) is 0. The average molecular weight is 176 g/mol. The van der Waals surface area contributed by atoms with Gasteiger partial charge >= 0.3 is 0 Å². The summed E-state index contributed by atoms with van der Waals surface area (Å²) in [5.74, 6) is 1.00. The predicted octanol–water partition coefficient (Wildman–Crippen LogP) is 1.89. The summed E-state index contributed by atoms with van der Waals surface area (Å²) in [7, 11) is 0. The van der Waals surface area contributed by atoms with Crippen molar-refractivity contribution < 1.29 is 14.4 Å². The second kappa shape index (κ2) is 32.4. The molecule has 0 aromatic heterocycles. The van der Waals surface area contributed by atoms with Crippen molar-refractivity contribution >= 4 is 19.4 Å². The van der Waals surface area contributed by atoms with Crippen LogP contribution in [0.15, 0.2) is 0 Å². The number of hydrogen-bond acceptors (Lipinski definition) is 3. The molecule has 0 radical (unpaired) electrons. The Morgan fingerprint density at radius 2 is 0.917 bits per heavy atom. The molecule has 12 heavy (non-hydrogen) atoms. The van der Waals surface area contributed by atoms with Crippen molar-refractivity contribution in [2.75, 3.05) is 0 Å². The highest BCUT2D eigenvalue weighted by molar-refractivity contribution is 5.72. The molecule has 0 saturated heterocycles. The molecular weight excluding hydrogens is 156 g/mol. The van der Waals surface area contributed by atoms with Crippen LogP contribution in [0.4, 0.5) is 0 Å². The average Bonchev–Trinajstić information content (AvgIpc) is 1.93. The molecule has 0 rings (SSSR count). The number of hydrogen-bond donors (Lipinski definition) is 0. The number of ketones is 1. The van der Waals surface area contributed by atoms with Gasteiger partial charge in [0.1, 0.15) is 19.4 Å². The van der Waals surface area contributed by atoms with Crippen LogP contribution in [0.2, 0.25) is 0 Å². The zero-order chi connectivity index (χ0) is 11.2. The van der Waals surface area contributed by atoms with Gasteiger partial charge in [-0.15, -0.1) is 0 Å².